The molecule has 1 aliphatic rings. The van der Waals surface area contributed by atoms with Crippen molar-refractivity contribution in [1.29, 1.82) is 0 Å². The van der Waals surface area contributed by atoms with Crippen molar-refractivity contribution in [2.24, 2.45) is 0 Å². The molecule has 0 unspecified atom stereocenters. The van der Waals surface area contributed by atoms with Crippen molar-refractivity contribution in [3.8, 4) is 0 Å². The minimum Gasteiger partial charge on any atom is -0.324 e. The molecular weight excluding hydrogens is 300 g/mol. The summed E-state index contributed by atoms with van der Waals surface area (Å²) in [6.07, 6.45) is 0.286. The molecule has 0 fully saturated rings. The molecule has 3 aromatic rings. The summed E-state index contributed by atoms with van der Waals surface area (Å²) in [6, 6.07) is 21.1. The summed E-state index contributed by atoms with van der Waals surface area (Å²) < 4.78 is 0. The van der Waals surface area contributed by atoms with Crippen LogP contribution in [0.3, 0.4) is 0 Å². The van der Waals surface area contributed by atoms with Gasteiger partial charge in [-0.2, -0.15) is 0 Å². The highest BCUT2D eigenvalue weighted by Gasteiger charge is 2.24. The SMILES string of the molecule is O=C1CCN(C(=O)c2ccc3ccccc3c2)c2ccccc2N1. The van der Waals surface area contributed by atoms with Gasteiger partial charge in [0.2, 0.25) is 5.91 Å². The van der Waals surface area contributed by atoms with Crippen molar-refractivity contribution in [3.63, 3.8) is 0 Å². The number of hydrogen-bond acceptors (Lipinski definition) is 2. The Morgan fingerprint density at radius 2 is 1.67 bits per heavy atom. The van der Waals surface area contributed by atoms with Crippen LogP contribution < -0.4 is 10.2 Å². The highest BCUT2D eigenvalue weighted by atomic mass is 16.2. The van der Waals surface area contributed by atoms with Gasteiger partial charge < -0.3 is 10.2 Å². The lowest BCUT2D eigenvalue weighted by molar-refractivity contribution is -0.115. The molecular formula is C20H16N2O2. The van der Waals surface area contributed by atoms with Crippen LogP contribution in [0.25, 0.3) is 10.8 Å². The smallest absolute Gasteiger partial charge is 0.258 e. The fourth-order valence-corrected chi connectivity index (χ4v) is 3.05. The van der Waals surface area contributed by atoms with Gasteiger partial charge in [0.05, 0.1) is 11.4 Å². The predicted octanol–water partition coefficient (Wildman–Crippen LogP) is 3.83. The second kappa shape index (κ2) is 5.81. The molecule has 0 saturated carbocycles. The maximum atomic E-state index is 13.1. The zero-order valence-electron chi connectivity index (χ0n) is 13.0. The lowest BCUT2D eigenvalue weighted by Crippen LogP contribution is -2.31. The number of benzene rings is 3. The van der Waals surface area contributed by atoms with Crippen molar-refractivity contribution in [1.82, 2.24) is 0 Å². The van der Waals surface area contributed by atoms with E-state index in [-0.39, 0.29) is 18.2 Å². The zero-order chi connectivity index (χ0) is 16.5. The third-order valence-electron chi connectivity index (χ3n) is 4.27. The number of hydrogen-bond donors (Lipinski definition) is 1. The molecule has 0 aliphatic carbocycles. The van der Waals surface area contributed by atoms with Gasteiger partial charge in [0.1, 0.15) is 0 Å². The third-order valence-corrected chi connectivity index (χ3v) is 4.27. The van der Waals surface area contributed by atoms with Crippen LogP contribution in [0.5, 0.6) is 0 Å². The number of amides is 2. The fraction of sp³-hybridized carbons (Fsp3) is 0.100. The van der Waals surface area contributed by atoms with Crippen LogP contribution in [0.1, 0.15) is 16.8 Å². The van der Waals surface area contributed by atoms with Crippen LogP contribution in [0, 0.1) is 0 Å². The number of rotatable bonds is 1. The van der Waals surface area contributed by atoms with Crippen LogP contribution in [0.4, 0.5) is 11.4 Å². The largest absolute Gasteiger partial charge is 0.324 e. The van der Waals surface area contributed by atoms with Crippen LogP contribution in [-0.4, -0.2) is 18.4 Å². The molecule has 2 amide bonds. The summed E-state index contributed by atoms with van der Waals surface area (Å²) in [4.78, 5) is 26.6. The Balaban J connectivity index is 1.76. The van der Waals surface area contributed by atoms with Gasteiger partial charge in [-0.1, -0.05) is 42.5 Å². The van der Waals surface area contributed by atoms with E-state index in [0.717, 1.165) is 16.5 Å². The summed E-state index contributed by atoms with van der Waals surface area (Å²) in [7, 11) is 0. The minimum absolute atomic E-state index is 0.0729. The van der Waals surface area contributed by atoms with Crippen molar-refractivity contribution < 1.29 is 9.59 Å². The van der Waals surface area contributed by atoms with Crippen molar-refractivity contribution in [2.45, 2.75) is 6.42 Å². The number of anilines is 2. The topological polar surface area (TPSA) is 49.4 Å². The molecule has 118 valence electrons. The second-order valence-corrected chi connectivity index (χ2v) is 5.83. The Kier molecular flexibility index (Phi) is 3.50. The molecule has 4 rings (SSSR count). The van der Waals surface area contributed by atoms with Crippen LogP contribution in [-0.2, 0) is 4.79 Å². The molecule has 0 spiro atoms. The Morgan fingerprint density at radius 3 is 2.54 bits per heavy atom. The average molecular weight is 316 g/mol. The maximum Gasteiger partial charge on any atom is 0.258 e. The molecule has 1 N–H and O–H groups in total. The van der Waals surface area contributed by atoms with Crippen molar-refractivity contribution >= 4 is 34.0 Å². The quantitative estimate of drug-likeness (QED) is 0.742. The lowest BCUT2D eigenvalue weighted by Gasteiger charge is -2.22. The van der Waals surface area contributed by atoms with E-state index in [1.165, 1.54) is 0 Å². The molecule has 0 bridgehead atoms. The van der Waals surface area contributed by atoms with E-state index < -0.39 is 0 Å². The number of fused-ring (bicyclic) bond motifs is 2. The van der Waals surface area contributed by atoms with Crippen molar-refractivity contribution in [3.05, 3.63) is 72.3 Å². The molecule has 0 atom stereocenters. The van der Waals surface area contributed by atoms with E-state index in [0.29, 0.717) is 17.8 Å². The van der Waals surface area contributed by atoms with E-state index >= 15 is 0 Å². The standard InChI is InChI=1S/C20H16N2O2/c23-19-11-12-22(18-8-4-3-7-17(18)21-19)20(24)16-10-9-14-5-1-2-6-15(14)13-16/h1-10,13H,11-12H2,(H,21,23). The monoisotopic (exact) mass is 316 g/mol. The molecule has 0 aromatic heterocycles. The second-order valence-electron chi connectivity index (χ2n) is 5.83. The fourth-order valence-electron chi connectivity index (χ4n) is 3.05. The molecule has 4 nitrogen and oxygen atoms in total. The minimum atomic E-state index is -0.0929. The number of carbonyl (C=O) groups is 2. The molecule has 1 aliphatic heterocycles. The van der Waals surface area contributed by atoms with Gasteiger partial charge in [-0.05, 0) is 35.0 Å². The van der Waals surface area contributed by atoms with E-state index in [1.807, 2.05) is 66.7 Å². The van der Waals surface area contributed by atoms with Gasteiger partial charge in [0.15, 0.2) is 0 Å². The molecule has 0 radical (unpaired) electrons. The van der Waals surface area contributed by atoms with Crippen LogP contribution in [0.2, 0.25) is 0 Å². The van der Waals surface area contributed by atoms with Gasteiger partial charge in [0, 0.05) is 18.5 Å². The molecule has 3 aromatic carbocycles. The third kappa shape index (κ3) is 2.52. The first-order valence-corrected chi connectivity index (χ1v) is 7.92. The number of nitrogens with one attached hydrogen (secondary N) is 1. The Hall–Kier alpha value is -3.14. The zero-order valence-corrected chi connectivity index (χ0v) is 13.0. The number of para-hydroxylation sites is 2. The first-order chi connectivity index (χ1) is 11.7. The molecule has 24 heavy (non-hydrogen) atoms. The van der Waals surface area contributed by atoms with E-state index in [9.17, 15) is 9.59 Å². The highest BCUT2D eigenvalue weighted by Crippen LogP contribution is 2.30. The summed E-state index contributed by atoms with van der Waals surface area (Å²) in [5.74, 6) is -0.166. The van der Waals surface area contributed by atoms with Gasteiger partial charge in [0.25, 0.3) is 5.91 Å². The molecule has 1 heterocycles. The van der Waals surface area contributed by atoms with Gasteiger partial charge in [-0.3, -0.25) is 9.59 Å². The van der Waals surface area contributed by atoms with Gasteiger partial charge >= 0.3 is 0 Å². The van der Waals surface area contributed by atoms with E-state index in [4.69, 9.17) is 0 Å². The van der Waals surface area contributed by atoms with Gasteiger partial charge in [-0.15, -0.1) is 0 Å². The lowest BCUT2D eigenvalue weighted by atomic mass is 10.1. The average Bonchev–Trinajstić information content (AvgIpc) is 2.79. The first-order valence-electron chi connectivity index (χ1n) is 7.92. The molecule has 4 heteroatoms. The number of carbonyl (C=O) groups excluding carboxylic acids is 2. The Bertz CT molecular complexity index is 949. The normalized spacial score (nSPS) is 14.0. The molecule has 0 saturated heterocycles. The number of nitrogens with zero attached hydrogens (tertiary/aromatic N) is 1. The Labute approximate surface area is 139 Å². The van der Waals surface area contributed by atoms with Crippen LogP contribution in [0.15, 0.2) is 66.7 Å². The maximum absolute atomic E-state index is 13.1. The van der Waals surface area contributed by atoms with Crippen molar-refractivity contribution in [2.75, 3.05) is 16.8 Å². The summed E-state index contributed by atoms with van der Waals surface area (Å²) in [5.41, 5.74) is 2.04. The Morgan fingerprint density at radius 1 is 0.917 bits per heavy atom. The predicted molar refractivity (Wildman–Crippen MR) is 95.3 cm³/mol. The first kappa shape index (κ1) is 14.5. The summed E-state index contributed by atoms with van der Waals surface area (Å²) in [5, 5.41) is 4.98. The van der Waals surface area contributed by atoms with E-state index in [2.05, 4.69) is 5.32 Å². The summed E-state index contributed by atoms with van der Waals surface area (Å²) in [6.45, 7) is 0.370. The van der Waals surface area contributed by atoms with Crippen LogP contribution >= 0.6 is 0 Å². The van der Waals surface area contributed by atoms with Gasteiger partial charge in [-0.25, -0.2) is 0 Å². The van der Waals surface area contributed by atoms with E-state index in [1.54, 1.807) is 4.90 Å². The highest BCUT2D eigenvalue weighted by molar-refractivity contribution is 6.11. The summed E-state index contributed by atoms with van der Waals surface area (Å²) >= 11 is 0.